The molecule has 1 aromatic heterocycles. The van der Waals surface area contributed by atoms with E-state index in [9.17, 15) is 4.79 Å². The van der Waals surface area contributed by atoms with Crippen molar-refractivity contribution in [1.29, 1.82) is 0 Å². The van der Waals surface area contributed by atoms with E-state index in [4.69, 9.17) is 4.74 Å². The zero-order valence-electron chi connectivity index (χ0n) is 20.0. The van der Waals surface area contributed by atoms with Crippen LogP contribution in [0.2, 0.25) is 0 Å². The number of benzene rings is 2. The highest BCUT2D eigenvalue weighted by molar-refractivity contribution is 9.10. The summed E-state index contributed by atoms with van der Waals surface area (Å²) >= 11 is 3.48. The molecule has 0 spiro atoms. The van der Waals surface area contributed by atoms with Gasteiger partial charge >= 0.3 is 0 Å². The van der Waals surface area contributed by atoms with Gasteiger partial charge in [0, 0.05) is 16.4 Å². The second kappa shape index (κ2) is 10.5. The van der Waals surface area contributed by atoms with Crippen molar-refractivity contribution in [2.75, 3.05) is 37.9 Å². The van der Waals surface area contributed by atoms with Gasteiger partial charge in [-0.25, -0.2) is 4.98 Å². The van der Waals surface area contributed by atoms with Crippen LogP contribution < -0.4 is 15.4 Å². The number of aryl methyl sites for hydroxylation is 2. The number of nitrogens with zero attached hydrogens (tertiary/aromatic N) is 3. The number of rotatable bonds is 6. The molecule has 0 bridgehead atoms. The molecule has 1 saturated heterocycles. The van der Waals surface area contributed by atoms with Crippen molar-refractivity contribution < 1.29 is 9.53 Å². The van der Waals surface area contributed by atoms with Crippen LogP contribution in [0.15, 0.2) is 47.1 Å². The summed E-state index contributed by atoms with van der Waals surface area (Å²) in [4.78, 5) is 24.1. The molecule has 1 aliphatic heterocycles. The summed E-state index contributed by atoms with van der Waals surface area (Å²) in [6.07, 6.45) is 3.86. The first-order valence-electron chi connectivity index (χ1n) is 11.4. The molecule has 7 nitrogen and oxygen atoms in total. The molecule has 2 aromatic carbocycles. The fourth-order valence-electron chi connectivity index (χ4n) is 4.37. The molecule has 2 N–H and O–H groups in total. The summed E-state index contributed by atoms with van der Waals surface area (Å²) in [7, 11) is 3.67. The Labute approximate surface area is 209 Å². The molecule has 0 aliphatic carbocycles. The molecule has 1 amide bonds. The van der Waals surface area contributed by atoms with Gasteiger partial charge in [-0.3, -0.25) is 4.79 Å². The average molecular weight is 524 g/mol. The highest BCUT2D eigenvalue weighted by Gasteiger charge is 2.21. The van der Waals surface area contributed by atoms with E-state index < -0.39 is 0 Å². The maximum atomic E-state index is 12.9. The number of para-hydroxylation sites is 1. The van der Waals surface area contributed by atoms with Crippen LogP contribution in [0.4, 0.5) is 17.3 Å². The van der Waals surface area contributed by atoms with Gasteiger partial charge in [0.2, 0.25) is 11.8 Å². The van der Waals surface area contributed by atoms with Crippen molar-refractivity contribution in [2.45, 2.75) is 32.6 Å². The summed E-state index contributed by atoms with van der Waals surface area (Å²) in [6, 6.07) is 12.1. The topological polar surface area (TPSA) is 79.4 Å². The second-order valence-electron chi connectivity index (χ2n) is 8.78. The Morgan fingerprint density at radius 1 is 1.15 bits per heavy atom. The number of carbonyl (C=O) groups is 1. The molecule has 0 saturated carbocycles. The van der Waals surface area contributed by atoms with Crippen LogP contribution in [0.25, 0.3) is 0 Å². The van der Waals surface area contributed by atoms with E-state index in [1.807, 2.05) is 25.1 Å². The van der Waals surface area contributed by atoms with Crippen LogP contribution in [-0.2, 0) is 0 Å². The minimum absolute atomic E-state index is 0.208. The number of anilines is 3. The Hall–Kier alpha value is -2.97. The number of piperidine rings is 1. The Bertz CT molecular complexity index is 1170. The minimum Gasteiger partial charge on any atom is -0.480 e. The number of aromatic nitrogens is 2. The van der Waals surface area contributed by atoms with Crippen molar-refractivity contribution >= 4 is 39.2 Å². The van der Waals surface area contributed by atoms with Gasteiger partial charge in [0.15, 0.2) is 0 Å². The molecule has 8 heteroatoms. The maximum Gasteiger partial charge on any atom is 0.262 e. The molecule has 0 radical (unpaired) electrons. The Balaban J connectivity index is 1.49. The summed E-state index contributed by atoms with van der Waals surface area (Å²) < 4.78 is 6.21. The summed E-state index contributed by atoms with van der Waals surface area (Å²) in [5, 5.41) is 6.16. The molecule has 4 rings (SSSR count). The van der Waals surface area contributed by atoms with Gasteiger partial charge in [0.25, 0.3) is 5.91 Å². The van der Waals surface area contributed by atoms with Crippen LogP contribution in [-0.4, -0.2) is 48.0 Å². The van der Waals surface area contributed by atoms with Gasteiger partial charge in [0.05, 0.1) is 12.8 Å². The first-order chi connectivity index (χ1) is 16.4. The molecule has 0 atom stereocenters. The fraction of sp³-hybridized carbons (Fsp3) is 0.346. The number of halogens is 1. The third-order valence-corrected chi connectivity index (χ3v) is 7.00. The van der Waals surface area contributed by atoms with E-state index in [1.54, 1.807) is 0 Å². The van der Waals surface area contributed by atoms with Gasteiger partial charge in [-0.05, 0) is 104 Å². The van der Waals surface area contributed by atoms with Crippen molar-refractivity contribution in [3.05, 3.63) is 69.3 Å². The van der Waals surface area contributed by atoms with Crippen molar-refractivity contribution in [3.8, 4) is 5.88 Å². The SMILES string of the molecule is COc1nc(Nc2ccc(C3CCN(C)CC3)c(C)c2)ncc1C(=O)Nc1c(C)cccc1Br. The summed E-state index contributed by atoms with van der Waals surface area (Å²) in [5.74, 6) is 0.848. The summed E-state index contributed by atoms with van der Waals surface area (Å²) in [5.41, 5.74) is 5.48. The van der Waals surface area contributed by atoms with Crippen LogP contribution in [0, 0.1) is 13.8 Å². The Morgan fingerprint density at radius 3 is 2.59 bits per heavy atom. The quantitative estimate of drug-likeness (QED) is 0.433. The number of hydrogen-bond donors (Lipinski definition) is 2. The Morgan fingerprint density at radius 2 is 1.91 bits per heavy atom. The third-order valence-electron chi connectivity index (χ3n) is 6.34. The van der Waals surface area contributed by atoms with Crippen LogP contribution in [0.3, 0.4) is 0 Å². The predicted molar refractivity (Wildman–Crippen MR) is 139 cm³/mol. The minimum atomic E-state index is -0.336. The van der Waals surface area contributed by atoms with Crippen LogP contribution >= 0.6 is 15.9 Å². The molecular formula is C26H30BrN5O2. The van der Waals surface area contributed by atoms with Gasteiger partial charge in [-0.1, -0.05) is 18.2 Å². The smallest absolute Gasteiger partial charge is 0.262 e. The summed E-state index contributed by atoms with van der Waals surface area (Å²) in [6.45, 7) is 6.36. The van der Waals surface area contributed by atoms with E-state index >= 15 is 0 Å². The second-order valence-corrected chi connectivity index (χ2v) is 9.63. The van der Waals surface area contributed by atoms with E-state index in [-0.39, 0.29) is 17.4 Å². The Kier molecular flexibility index (Phi) is 7.48. The molecule has 0 unspecified atom stereocenters. The highest BCUT2D eigenvalue weighted by Crippen LogP contribution is 2.32. The normalized spacial score (nSPS) is 14.6. The lowest BCUT2D eigenvalue weighted by molar-refractivity contribution is 0.102. The number of likely N-dealkylation sites (tertiary alicyclic amines) is 1. The predicted octanol–water partition coefficient (Wildman–Crippen LogP) is 5.67. The molecule has 2 heterocycles. The first-order valence-corrected chi connectivity index (χ1v) is 12.2. The highest BCUT2D eigenvalue weighted by atomic mass is 79.9. The molecule has 178 valence electrons. The fourth-order valence-corrected chi connectivity index (χ4v) is 4.93. The lowest BCUT2D eigenvalue weighted by atomic mass is 9.87. The van der Waals surface area contributed by atoms with Crippen molar-refractivity contribution in [1.82, 2.24) is 14.9 Å². The molecular weight excluding hydrogens is 494 g/mol. The lowest BCUT2D eigenvalue weighted by Gasteiger charge is -2.30. The first kappa shape index (κ1) is 24.2. The van der Waals surface area contributed by atoms with E-state index in [2.05, 4.69) is 73.6 Å². The van der Waals surface area contributed by atoms with Crippen molar-refractivity contribution in [3.63, 3.8) is 0 Å². The zero-order valence-corrected chi connectivity index (χ0v) is 21.6. The number of amides is 1. The van der Waals surface area contributed by atoms with Crippen molar-refractivity contribution in [2.24, 2.45) is 0 Å². The standard InChI is InChI=1S/C26H30BrN5O2/c1-16-6-5-7-22(27)23(16)30-24(33)21-15-28-26(31-25(21)34-4)29-19-8-9-20(17(2)14-19)18-10-12-32(3)13-11-18/h5-9,14-15,18H,10-13H2,1-4H3,(H,30,33)(H,28,29,31). The van der Waals surface area contributed by atoms with Gasteiger partial charge in [-0.15, -0.1) is 0 Å². The molecule has 1 fully saturated rings. The number of carbonyl (C=O) groups excluding carboxylic acids is 1. The third kappa shape index (κ3) is 5.39. The zero-order chi connectivity index (χ0) is 24.2. The van der Waals surface area contributed by atoms with Gasteiger partial charge in [-0.2, -0.15) is 4.98 Å². The number of ether oxygens (including phenoxy) is 1. The van der Waals surface area contributed by atoms with E-state index in [0.29, 0.717) is 17.6 Å². The van der Waals surface area contributed by atoms with Crippen LogP contribution in [0.1, 0.15) is 45.8 Å². The number of nitrogens with one attached hydrogen (secondary N) is 2. The van der Waals surface area contributed by atoms with Crippen LogP contribution in [0.5, 0.6) is 5.88 Å². The largest absolute Gasteiger partial charge is 0.480 e. The monoisotopic (exact) mass is 523 g/mol. The average Bonchev–Trinajstić information content (AvgIpc) is 2.82. The molecule has 1 aliphatic rings. The lowest BCUT2D eigenvalue weighted by Crippen LogP contribution is -2.29. The van der Waals surface area contributed by atoms with Gasteiger partial charge in [0.1, 0.15) is 5.56 Å². The maximum absolute atomic E-state index is 12.9. The number of methoxy groups -OCH3 is 1. The van der Waals surface area contributed by atoms with E-state index in [0.717, 1.165) is 28.8 Å². The molecule has 34 heavy (non-hydrogen) atoms. The van der Waals surface area contributed by atoms with E-state index in [1.165, 1.54) is 37.3 Å². The molecule has 3 aromatic rings. The van der Waals surface area contributed by atoms with Gasteiger partial charge < -0.3 is 20.3 Å². The number of hydrogen-bond acceptors (Lipinski definition) is 6.